The molecule has 4 nitrogen and oxygen atoms in total. The van der Waals surface area contributed by atoms with Crippen molar-refractivity contribution in [2.45, 2.75) is 38.8 Å². The molecule has 4 heteroatoms. The van der Waals surface area contributed by atoms with E-state index in [2.05, 4.69) is 4.98 Å². The molecule has 1 aliphatic heterocycles. The van der Waals surface area contributed by atoms with Gasteiger partial charge in [0.25, 0.3) is 0 Å². The Morgan fingerprint density at radius 3 is 2.83 bits per heavy atom. The quantitative estimate of drug-likeness (QED) is 0.864. The number of likely N-dealkylation sites (tertiary alicyclic amines) is 1. The highest BCUT2D eigenvalue weighted by Gasteiger charge is 2.28. The molecular formula is C19H22N2O2. The number of pyridine rings is 1. The lowest BCUT2D eigenvalue weighted by atomic mass is 9.96. The smallest absolute Gasteiger partial charge is 0.219 e. The standard InChI is InChI=1S/C19H22N2O2/c1-15(22)21-13-6-5-11-18(21)17-10-7-12-20-19(17)23-14-16-8-3-2-4-9-16/h2-4,7-10,12,18H,5-6,11,13-14H2,1H3. The average Bonchev–Trinajstić information content (AvgIpc) is 2.61. The number of benzene rings is 1. The Balaban J connectivity index is 1.80. The minimum Gasteiger partial charge on any atom is -0.473 e. The minimum atomic E-state index is 0.0701. The zero-order valence-corrected chi connectivity index (χ0v) is 13.4. The van der Waals surface area contributed by atoms with Crippen LogP contribution in [0.5, 0.6) is 5.88 Å². The maximum atomic E-state index is 11.9. The number of carbonyl (C=O) groups excluding carboxylic acids is 1. The first-order valence-electron chi connectivity index (χ1n) is 8.14. The second-order valence-electron chi connectivity index (χ2n) is 5.90. The van der Waals surface area contributed by atoms with E-state index in [1.165, 1.54) is 0 Å². The molecule has 0 radical (unpaired) electrons. The van der Waals surface area contributed by atoms with E-state index in [0.29, 0.717) is 12.5 Å². The maximum absolute atomic E-state index is 11.9. The lowest BCUT2D eigenvalue weighted by Crippen LogP contribution is -2.37. The molecule has 120 valence electrons. The van der Waals surface area contributed by atoms with Crippen LogP contribution in [0.3, 0.4) is 0 Å². The van der Waals surface area contributed by atoms with Crippen molar-refractivity contribution in [1.29, 1.82) is 0 Å². The number of amides is 1. The molecule has 0 bridgehead atoms. The summed E-state index contributed by atoms with van der Waals surface area (Å²) < 4.78 is 5.96. The van der Waals surface area contributed by atoms with Crippen molar-refractivity contribution in [2.75, 3.05) is 6.54 Å². The molecule has 2 aromatic rings. The van der Waals surface area contributed by atoms with Crippen molar-refractivity contribution in [2.24, 2.45) is 0 Å². The predicted molar refractivity (Wildman–Crippen MR) is 89.0 cm³/mol. The van der Waals surface area contributed by atoms with Crippen LogP contribution in [-0.2, 0) is 11.4 Å². The fourth-order valence-corrected chi connectivity index (χ4v) is 3.14. The Kier molecular flexibility index (Phi) is 4.91. The van der Waals surface area contributed by atoms with Crippen molar-refractivity contribution in [3.8, 4) is 5.88 Å². The van der Waals surface area contributed by atoms with Crippen LogP contribution in [0, 0.1) is 0 Å². The number of piperidine rings is 1. The van der Waals surface area contributed by atoms with Crippen molar-refractivity contribution in [3.63, 3.8) is 0 Å². The summed E-state index contributed by atoms with van der Waals surface area (Å²) in [5.41, 5.74) is 2.12. The van der Waals surface area contributed by atoms with Crippen LogP contribution in [0.1, 0.15) is 43.4 Å². The maximum Gasteiger partial charge on any atom is 0.219 e. The van der Waals surface area contributed by atoms with Crippen LogP contribution in [0.4, 0.5) is 0 Å². The normalized spacial score (nSPS) is 17.8. The van der Waals surface area contributed by atoms with Crippen LogP contribution < -0.4 is 4.74 Å². The molecule has 1 aromatic heterocycles. The fourth-order valence-electron chi connectivity index (χ4n) is 3.14. The number of rotatable bonds is 4. The largest absolute Gasteiger partial charge is 0.473 e. The van der Waals surface area contributed by atoms with E-state index in [1.54, 1.807) is 13.1 Å². The molecule has 0 N–H and O–H groups in total. The molecule has 1 fully saturated rings. The molecular weight excluding hydrogens is 288 g/mol. The van der Waals surface area contributed by atoms with Gasteiger partial charge in [-0.25, -0.2) is 4.98 Å². The summed E-state index contributed by atoms with van der Waals surface area (Å²) in [7, 11) is 0. The zero-order chi connectivity index (χ0) is 16.1. The predicted octanol–water partition coefficient (Wildman–Crippen LogP) is 3.73. The fraction of sp³-hybridized carbons (Fsp3) is 0.368. The summed E-state index contributed by atoms with van der Waals surface area (Å²) in [6.45, 7) is 2.93. The number of carbonyl (C=O) groups is 1. The van der Waals surface area contributed by atoms with Crippen LogP contribution in [0.2, 0.25) is 0 Å². The number of hydrogen-bond acceptors (Lipinski definition) is 3. The molecule has 1 aromatic carbocycles. The third-order valence-electron chi connectivity index (χ3n) is 4.29. The summed E-state index contributed by atoms with van der Waals surface area (Å²) >= 11 is 0. The second-order valence-corrected chi connectivity index (χ2v) is 5.90. The summed E-state index contributed by atoms with van der Waals surface area (Å²) in [6.07, 6.45) is 4.90. The van der Waals surface area contributed by atoms with Gasteiger partial charge in [-0.15, -0.1) is 0 Å². The van der Waals surface area contributed by atoms with Gasteiger partial charge >= 0.3 is 0 Å². The topological polar surface area (TPSA) is 42.4 Å². The van der Waals surface area contributed by atoms with E-state index in [1.807, 2.05) is 47.4 Å². The number of nitrogens with zero attached hydrogens (tertiary/aromatic N) is 2. The Bertz CT molecular complexity index is 657. The average molecular weight is 310 g/mol. The number of aromatic nitrogens is 1. The van der Waals surface area contributed by atoms with Crippen LogP contribution >= 0.6 is 0 Å². The number of ether oxygens (including phenoxy) is 1. The van der Waals surface area contributed by atoms with Crippen molar-refractivity contribution < 1.29 is 9.53 Å². The molecule has 1 saturated heterocycles. The Morgan fingerprint density at radius 2 is 2.04 bits per heavy atom. The van der Waals surface area contributed by atoms with Gasteiger partial charge in [0.05, 0.1) is 6.04 Å². The summed E-state index contributed by atoms with van der Waals surface area (Å²) in [6, 6.07) is 14.1. The van der Waals surface area contributed by atoms with Crippen LogP contribution in [-0.4, -0.2) is 22.3 Å². The highest BCUT2D eigenvalue weighted by molar-refractivity contribution is 5.74. The molecule has 3 rings (SSSR count). The molecule has 1 aliphatic rings. The molecule has 1 unspecified atom stereocenters. The van der Waals surface area contributed by atoms with E-state index < -0.39 is 0 Å². The van der Waals surface area contributed by atoms with E-state index in [0.717, 1.165) is 36.9 Å². The minimum absolute atomic E-state index is 0.0701. The SMILES string of the molecule is CC(=O)N1CCCCC1c1cccnc1OCc1ccccc1. The van der Waals surface area contributed by atoms with Crippen molar-refractivity contribution >= 4 is 5.91 Å². The monoisotopic (exact) mass is 310 g/mol. The summed E-state index contributed by atoms with van der Waals surface area (Å²) in [4.78, 5) is 18.3. The third kappa shape index (κ3) is 3.70. The van der Waals surface area contributed by atoms with Crippen LogP contribution in [0.25, 0.3) is 0 Å². The van der Waals surface area contributed by atoms with E-state index in [-0.39, 0.29) is 11.9 Å². The molecule has 2 heterocycles. The lowest BCUT2D eigenvalue weighted by molar-refractivity contribution is -0.132. The Morgan fingerprint density at radius 1 is 1.22 bits per heavy atom. The summed E-state index contributed by atoms with van der Waals surface area (Å²) in [5.74, 6) is 0.752. The summed E-state index contributed by atoms with van der Waals surface area (Å²) in [5, 5.41) is 0. The van der Waals surface area contributed by atoms with Crippen molar-refractivity contribution in [3.05, 3.63) is 59.8 Å². The highest BCUT2D eigenvalue weighted by Crippen LogP contribution is 2.35. The van der Waals surface area contributed by atoms with Gasteiger partial charge in [0.2, 0.25) is 11.8 Å². The van der Waals surface area contributed by atoms with E-state index in [9.17, 15) is 4.79 Å². The molecule has 1 amide bonds. The second kappa shape index (κ2) is 7.27. The number of hydrogen-bond donors (Lipinski definition) is 0. The molecule has 23 heavy (non-hydrogen) atoms. The van der Waals surface area contributed by atoms with Gasteiger partial charge in [-0.05, 0) is 30.9 Å². The van der Waals surface area contributed by atoms with Gasteiger partial charge in [-0.2, -0.15) is 0 Å². The van der Waals surface area contributed by atoms with Gasteiger partial charge in [-0.1, -0.05) is 36.4 Å². The van der Waals surface area contributed by atoms with Gasteiger partial charge in [-0.3, -0.25) is 4.79 Å². The third-order valence-corrected chi connectivity index (χ3v) is 4.29. The molecule has 0 aliphatic carbocycles. The molecule has 1 atom stereocenters. The highest BCUT2D eigenvalue weighted by atomic mass is 16.5. The van der Waals surface area contributed by atoms with Crippen LogP contribution in [0.15, 0.2) is 48.7 Å². The zero-order valence-electron chi connectivity index (χ0n) is 13.4. The van der Waals surface area contributed by atoms with Gasteiger partial charge < -0.3 is 9.64 Å². The van der Waals surface area contributed by atoms with Gasteiger partial charge in [0, 0.05) is 25.2 Å². The Hall–Kier alpha value is -2.36. The van der Waals surface area contributed by atoms with Gasteiger partial charge in [0.1, 0.15) is 6.61 Å². The first kappa shape index (κ1) is 15.5. The van der Waals surface area contributed by atoms with Gasteiger partial charge in [0.15, 0.2) is 0 Å². The molecule has 0 saturated carbocycles. The van der Waals surface area contributed by atoms with E-state index >= 15 is 0 Å². The Labute approximate surface area is 137 Å². The lowest BCUT2D eigenvalue weighted by Gasteiger charge is -2.35. The van der Waals surface area contributed by atoms with E-state index in [4.69, 9.17) is 4.74 Å². The molecule has 0 spiro atoms. The van der Waals surface area contributed by atoms with Crippen molar-refractivity contribution in [1.82, 2.24) is 9.88 Å². The first-order valence-corrected chi connectivity index (χ1v) is 8.14. The first-order chi connectivity index (χ1) is 11.3.